The van der Waals surface area contributed by atoms with Crippen LogP contribution in [-0.4, -0.2) is 29.6 Å². The Balaban J connectivity index is 1.86. The molecule has 0 radical (unpaired) electrons. The van der Waals surface area contributed by atoms with Crippen LogP contribution in [0.2, 0.25) is 0 Å². The molecule has 0 saturated heterocycles. The van der Waals surface area contributed by atoms with E-state index >= 15 is 0 Å². The summed E-state index contributed by atoms with van der Waals surface area (Å²) < 4.78 is 10.5. The maximum absolute atomic E-state index is 12.6. The smallest absolute Gasteiger partial charge is 0.258 e. The minimum absolute atomic E-state index is 0.0397. The molecule has 0 spiro atoms. The number of benzene rings is 1. The van der Waals surface area contributed by atoms with Crippen LogP contribution in [0.4, 0.5) is 0 Å². The molecule has 2 heterocycles. The fourth-order valence-electron chi connectivity index (χ4n) is 2.54. The molecule has 5 nitrogen and oxygen atoms in total. The molecule has 0 atom stereocenters. The first-order valence-corrected chi connectivity index (χ1v) is 6.57. The normalized spacial score (nSPS) is 14.0. The zero-order chi connectivity index (χ0) is 14.1. The van der Waals surface area contributed by atoms with Crippen LogP contribution >= 0.6 is 0 Å². The third-order valence-corrected chi connectivity index (χ3v) is 3.66. The van der Waals surface area contributed by atoms with Crippen LogP contribution in [0, 0.1) is 6.92 Å². The molecule has 20 heavy (non-hydrogen) atoms. The van der Waals surface area contributed by atoms with Crippen LogP contribution in [0.15, 0.2) is 28.8 Å². The van der Waals surface area contributed by atoms with E-state index in [1.54, 1.807) is 24.1 Å². The van der Waals surface area contributed by atoms with Crippen molar-refractivity contribution >= 4 is 5.91 Å². The molecule has 0 fully saturated rings. The number of para-hydroxylation sites is 1. The first kappa shape index (κ1) is 12.7. The van der Waals surface area contributed by atoms with Crippen LogP contribution in [0.25, 0.3) is 0 Å². The number of aromatic nitrogens is 1. The quantitative estimate of drug-likeness (QED) is 0.841. The third-order valence-electron chi connectivity index (χ3n) is 3.66. The number of carbonyl (C=O) groups is 1. The van der Waals surface area contributed by atoms with Crippen LogP contribution < -0.4 is 4.74 Å². The highest BCUT2D eigenvalue weighted by Gasteiger charge is 2.27. The number of methoxy groups -OCH3 is 1. The van der Waals surface area contributed by atoms with Gasteiger partial charge in [-0.1, -0.05) is 17.3 Å². The van der Waals surface area contributed by atoms with Gasteiger partial charge in [0.15, 0.2) is 5.76 Å². The van der Waals surface area contributed by atoms with Gasteiger partial charge < -0.3 is 14.2 Å². The molecule has 2 aromatic rings. The van der Waals surface area contributed by atoms with E-state index in [1.807, 2.05) is 19.1 Å². The van der Waals surface area contributed by atoms with E-state index in [2.05, 4.69) is 5.16 Å². The van der Waals surface area contributed by atoms with Crippen molar-refractivity contribution < 1.29 is 14.1 Å². The Morgan fingerprint density at radius 1 is 1.40 bits per heavy atom. The molecule has 1 aliphatic heterocycles. The lowest BCUT2D eigenvalue weighted by atomic mass is 10.0. The fraction of sp³-hybridized carbons (Fsp3) is 0.333. The predicted octanol–water partition coefficient (Wildman–Crippen LogP) is 2.19. The number of hydrogen-bond donors (Lipinski definition) is 0. The minimum atomic E-state index is -0.0397. The lowest BCUT2D eigenvalue weighted by molar-refractivity contribution is 0.0712. The molecule has 1 aromatic carbocycles. The first-order chi connectivity index (χ1) is 9.70. The Morgan fingerprint density at radius 2 is 2.20 bits per heavy atom. The monoisotopic (exact) mass is 272 g/mol. The van der Waals surface area contributed by atoms with Gasteiger partial charge in [-0.2, -0.15) is 0 Å². The maximum atomic E-state index is 12.6. The van der Waals surface area contributed by atoms with Crippen LogP contribution in [0.5, 0.6) is 5.75 Å². The van der Waals surface area contributed by atoms with Gasteiger partial charge in [-0.25, -0.2) is 0 Å². The van der Waals surface area contributed by atoms with E-state index in [0.29, 0.717) is 24.4 Å². The van der Waals surface area contributed by atoms with Gasteiger partial charge in [0.2, 0.25) is 0 Å². The largest absolute Gasteiger partial charge is 0.496 e. The van der Waals surface area contributed by atoms with Crippen molar-refractivity contribution in [2.45, 2.75) is 19.9 Å². The topological polar surface area (TPSA) is 55.6 Å². The van der Waals surface area contributed by atoms with Crippen LogP contribution in [0.3, 0.4) is 0 Å². The van der Waals surface area contributed by atoms with Gasteiger partial charge in [0.05, 0.1) is 24.9 Å². The molecule has 0 unspecified atom stereocenters. The lowest BCUT2D eigenvalue weighted by Gasteiger charge is -2.26. The zero-order valence-corrected chi connectivity index (χ0v) is 11.5. The number of hydrogen-bond acceptors (Lipinski definition) is 4. The average Bonchev–Trinajstić information content (AvgIpc) is 2.87. The highest BCUT2D eigenvalue weighted by molar-refractivity contribution is 5.97. The van der Waals surface area contributed by atoms with Crippen molar-refractivity contribution in [1.82, 2.24) is 10.1 Å². The summed E-state index contributed by atoms with van der Waals surface area (Å²) in [6, 6.07) is 7.26. The fourth-order valence-corrected chi connectivity index (χ4v) is 2.54. The Labute approximate surface area is 117 Å². The van der Waals surface area contributed by atoms with Gasteiger partial charge in [-0.05, 0) is 25.5 Å². The lowest BCUT2D eigenvalue weighted by Crippen LogP contribution is -2.35. The van der Waals surface area contributed by atoms with Gasteiger partial charge in [0.25, 0.3) is 5.91 Å². The van der Waals surface area contributed by atoms with Crippen molar-refractivity contribution in [3.63, 3.8) is 0 Å². The summed E-state index contributed by atoms with van der Waals surface area (Å²) in [6.45, 7) is 3.07. The average molecular weight is 272 g/mol. The van der Waals surface area contributed by atoms with E-state index in [4.69, 9.17) is 9.26 Å². The van der Waals surface area contributed by atoms with E-state index in [1.165, 1.54) is 0 Å². The number of fused-ring (bicyclic) bond motifs is 1. The van der Waals surface area contributed by atoms with E-state index in [9.17, 15) is 4.79 Å². The molecule has 1 aromatic heterocycles. The number of aryl methyl sites for hydroxylation is 1. The summed E-state index contributed by atoms with van der Waals surface area (Å²) in [5, 5.41) is 3.96. The Kier molecular flexibility index (Phi) is 3.18. The molecule has 1 amide bonds. The van der Waals surface area contributed by atoms with Gasteiger partial charge in [-0.15, -0.1) is 0 Å². The molecule has 1 aliphatic rings. The summed E-state index contributed by atoms with van der Waals surface area (Å²) in [7, 11) is 1.57. The highest BCUT2D eigenvalue weighted by Crippen LogP contribution is 2.25. The van der Waals surface area contributed by atoms with Crippen molar-refractivity contribution in [3.8, 4) is 5.75 Å². The Hall–Kier alpha value is -2.30. The molecule has 0 saturated carbocycles. The van der Waals surface area contributed by atoms with Crippen molar-refractivity contribution in [2.75, 3.05) is 13.7 Å². The molecular formula is C15H16N2O3. The molecule has 0 bridgehead atoms. The molecule has 3 rings (SSSR count). The highest BCUT2D eigenvalue weighted by atomic mass is 16.5. The molecule has 0 aliphatic carbocycles. The third kappa shape index (κ3) is 2.05. The second kappa shape index (κ2) is 5.00. The molecular weight excluding hydrogens is 256 g/mol. The summed E-state index contributed by atoms with van der Waals surface area (Å²) in [6.07, 6.45) is 0.783. The second-order valence-corrected chi connectivity index (χ2v) is 4.85. The van der Waals surface area contributed by atoms with Gasteiger partial charge in [-0.3, -0.25) is 4.79 Å². The van der Waals surface area contributed by atoms with E-state index in [0.717, 1.165) is 23.4 Å². The zero-order valence-electron chi connectivity index (χ0n) is 11.5. The second-order valence-electron chi connectivity index (χ2n) is 4.85. The van der Waals surface area contributed by atoms with Gasteiger partial charge >= 0.3 is 0 Å². The summed E-state index contributed by atoms with van der Waals surface area (Å²) >= 11 is 0. The number of nitrogens with zero attached hydrogens (tertiary/aromatic N) is 2. The van der Waals surface area contributed by atoms with Gasteiger partial charge in [0, 0.05) is 12.1 Å². The van der Waals surface area contributed by atoms with Crippen LogP contribution in [-0.2, 0) is 13.0 Å². The van der Waals surface area contributed by atoms with Gasteiger partial charge in [0.1, 0.15) is 5.75 Å². The standard InChI is InChI=1S/C15H16N2O3/c1-10-11-7-8-17(9-14(11)20-16-10)15(18)12-5-3-4-6-13(12)19-2/h3-6H,7-9H2,1-2H3. The van der Waals surface area contributed by atoms with Crippen molar-refractivity contribution in [1.29, 1.82) is 0 Å². The minimum Gasteiger partial charge on any atom is -0.496 e. The summed E-state index contributed by atoms with van der Waals surface area (Å²) in [5.41, 5.74) is 2.63. The SMILES string of the molecule is COc1ccccc1C(=O)N1CCc2c(C)noc2C1. The first-order valence-electron chi connectivity index (χ1n) is 6.57. The molecule has 5 heteroatoms. The number of rotatable bonds is 2. The van der Waals surface area contributed by atoms with Crippen LogP contribution in [0.1, 0.15) is 27.4 Å². The number of ether oxygens (including phenoxy) is 1. The number of carbonyl (C=O) groups excluding carboxylic acids is 1. The summed E-state index contributed by atoms with van der Waals surface area (Å²) in [5.74, 6) is 1.34. The Bertz CT molecular complexity index is 648. The van der Waals surface area contributed by atoms with E-state index < -0.39 is 0 Å². The van der Waals surface area contributed by atoms with Crippen molar-refractivity contribution in [3.05, 3.63) is 46.8 Å². The summed E-state index contributed by atoms with van der Waals surface area (Å²) in [4.78, 5) is 14.3. The predicted molar refractivity (Wildman–Crippen MR) is 72.7 cm³/mol. The maximum Gasteiger partial charge on any atom is 0.258 e. The molecule has 104 valence electrons. The molecule has 0 N–H and O–H groups in total. The number of amides is 1. The van der Waals surface area contributed by atoms with E-state index in [-0.39, 0.29) is 5.91 Å². The van der Waals surface area contributed by atoms with Crippen molar-refractivity contribution in [2.24, 2.45) is 0 Å². The Morgan fingerprint density at radius 3 is 3.00 bits per heavy atom.